The highest BCUT2D eigenvalue weighted by molar-refractivity contribution is 7.16. The number of anilines is 1. The zero-order chi connectivity index (χ0) is 16.2. The fraction of sp³-hybridized carbons (Fsp3) is 0.500. The molecule has 2 amide bonds. The molecule has 0 saturated heterocycles. The van der Waals surface area contributed by atoms with Gasteiger partial charge in [-0.05, 0) is 18.4 Å². The van der Waals surface area contributed by atoms with Crippen LogP contribution < -0.4 is 10.6 Å². The first-order chi connectivity index (χ1) is 9.76. The quantitative estimate of drug-likeness (QED) is 0.749. The number of carboxylic acids is 1. The predicted octanol–water partition coefficient (Wildman–Crippen LogP) is 2.11. The van der Waals surface area contributed by atoms with Gasteiger partial charge in [-0.1, -0.05) is 20.8 Å². The molecule has 0 bridgehead atoms. The van der Waals surface area contributed by atoms with E-state index in [1.807, 2.05) is 20.8 Å². The van der Waals surface area contributed by atoms with Crippen LogP contribution in [0.2, 0.25) is 0 Å². The summed E-state index contributed by atoms with van der Waals surface area (Å²) in [5, 5.41) is 14.7. The van der Waals surface area contributed by atoms with Gasteiger partial charge in [0.2, 0.25) is 11.8 Å². The molecule has 0 radical (unpaired) electrons. The van der Waals surface area contributed by atoms with Crippen molar-refractivity contribution >= 4 is 34.1 Å². The highest BCUT2D eigenvalue weighted by atomic mass is 32.1. The van der Waals surface area contributed by atoms with E-state index in [0.29, 0.717) is 11.4 Å². The Bertz CT molecular complexity index is 551. The monoisotopic (exact) mass is 312 g/mol. The number of aromatic carboxylic acids is 1. The van der Waals surface area contributed by atoms with E-state index in [9.17, 15) is 14.4 Å². The first-order valence-corrected chi connectivity index (χ1v) is 7.51. The Labute approximate surface area is 127 Å². The van der Waals surface area contributed by atoms with E-state index in [2.05, 4.69) is 10.6 Å². The van der Waals surface area contributed by atoms with Crippen LogP contribution in [-0.4, -0.2) is 28.9 Å². The molecule has 21 heavy (non-hydrogen) atoms. The standard InChI is InChI=1S/C14H20N2O4S/c1-5-9-6-10(14(19)20)13(21-9)16-12(18)11(7(2)3)15-8(4)17/h6-7,11H,5H2,1-4H3,(H,15,17)(H,16,18)(H,19,20). The molecule has 1 atom stereocenters. The minimum absolute atomic E-state index is 0.0792. The Morgan fingerprint density at radius 3 is 2.38 bits per heavy atom. The SMILES string of the molecule is CCc1cc(C(=O)O)c(NC(=O)C(NC(C)=O)C(C)C)s1. The van der Waals surface area contributed by atoms with Crippen LogP contribution in [0, 0.1) is 5.92 Å². The van der Waals surface area contributed by atoms with Crippen LogP contribution in [0.5, 0.6) is 0 Å². The molecule has 7 heteroatoms. The van der Waals surface area contributed by atoms with Gasteiger partial charge in [-0.15, -0.1) is 11.3 Å². The lowest BCUT2D eigenvalue weighted by Crippen LogP contribution is -2.46. The minimum Gasteiger partial charge on any atom is -0.478 e. The molecule has 1 aromatic rings. The van der Waals surface area contributed by atoms with E-state index < -0.39 is 17.9 Å². The van der Waals surface area contributed by atoms with Crippen molar-refractivity contribution in [1.82, 2.24) is 5.32 Å². The van der Waals surface area contributed by atoms with Gasteiger partial charge in [0.05, 0.1) is 5.56 Å². The maximum absolute atomic E-state index is 12.2. The van der Waals surface area contributed by atoms with E-state index in [-0.39, 0.29) is 17.4 Å². The number of carbonyl (C=O) groups excluding carboxylic acids is 2. The van der Waals surface area contributed by atoms with Crippen molar-refractivity contribution in [3.8, 4) is 0 Å². The van der Waals surface area contributed by atoms with E-state index in [4.69, 9.17) is 5.11 Å². The highest BCUT2D eigenvalue weighted by Crippen LogP contribution is 2.29. The van der Waals surface area contributed by atoms with Gasteiger partial charge in [0, 0.05) is 11.8 Å². The lowest BCUT2D eigenvalue weighted by molar-refractivity contribution is -0.126. The number of amides is 2. The molecule has 3 N–H and O–H groups in total. The molecule has 1 unspecified atom stereocenters. The normalized spacial score (nSPS) is 12.0. The third kappa shape index (κ3) is 4.56. The number of aryl methyl sites for hydroxylation is 1. The van der Waals surface area contributed by atoms with Crippen LogP contribution in [0.1, 0.15) is 42.9 Å². The first kappa shape index (κ1) is 17.2. The van der Waals surface area contributed by atoms with Crippen molar-refractivity contribution in [3.05, 3.63) is 16.5 Å². The first-order valence-electron chi connectivity index (χ1n) is 6.70. The zero-order valence-electron chi connectivity index (χ0n) is 12.5. The Balaban J connectivity index is 2.97. The Morgan fingerprint density at radius 2 is 1.95 bits per heavy atom. The van der Waals surface area contributed by atoms with Crippen molar-refractivity contribution in [2.75, 3.05) is 5.32 Å². The van der Waals surface area contributed by atoms with E-state index in [1.165, 1.54) is 18.3 Å². The lowest BCUT2D eigenvalue weighted by Gasteiger charge is -2.20. The van der Waals surface area contributed by atoms with Crippen molar-refractivity contribution in [2.45, 2.75) is 40.2 Å². The minimum atomic E-state index is -1.08. The van der Waals surface area contributed by atoms with Gasteiger partial charge in [0.1, 0.15) is 11.0 Å². The van der Waals surface area contributed by atoms with Crippen molar-refractivity contribution in [2.24, 2.45) is 5.92 Å². The molecule has 0 fully saturated rings. The summed E-state index contributed by atoms with van der Waals surface area (Å²) in [6.07, 6.45) is 0.695. The van der Waals surface area contributed by atoms with Crippen LogP contribution in [-0.2, 0) is 16.0 Å². The van der Waals surface area contributed by atoms with E-state index in [1.54, 1.807) is 6.07 Å². The predicted molar refractivity (Wildman–Crippen MR) is 81.7 cm³/mol. The Hall–Kier alpha value is -1.89. The second-order valence-electron chi connectivity index (χ2n) is 5.03. The fourth-order valence-corrected chi connectivity index (χ4v) is 2.80. The summed E-state index contributed by atoms with van der Waals surface area (Å²) in [7, 11) is 0. The molecule has 0 aliphatic carbocycles. The molecular weight excluding hydrogens is 292 g/mol. The van der Waals surface area contributed by atoms with Gasteiger partial charge < -0.3 is 15.7 Å². The summed E-state index contributed by atoms with van der Waals surface area (Å²) in [5.41, 5.74) is 0.0792. The van der Waals surface area contributed by atoms with Crippen LogP contribution in [0.25, 0.3) is 0 Å². The molecule has 116 valence electrons. The highest BCUT2D eigenvalue weighted by Gasteiger charge is 2.25. The third-order valence-corrected chi connectivity index (χ3v) is 4.10. The molecular formula is C14H20N2O4S. The zero-order valence-corrected chi connectivity index (χ0v) is 13.3. The summed E-state index contributed by atoms with van der Waals surface area (Å²) in [4.78, 5) is 35.5. The number of carboxylic acid groups (broad SMARTS) is 1. The number of hydrogen-bond acceptors (Lipinski definition) is 4. The van der Waals surface area contributed by atoms with Gasteiger partial charge in [0.15, 0.2) is 0 Å². The van der Waals surface area contributed by atoms with Gasteiger partial charge >= 0.3 is 5.97 Å². The molecule has 0 aliphatic rings. The average molecular weight is 312 g/mol. The molecule has 1 aromatic heterocycles. The summed E-state index contributed by atoms with van der Waals surface area (Å²) in [5.74, 6) is -1.90. The second kappa shape index (κ2) is 7.21. The maximum Gasteiger partial charge on any atom is 0.338 e. The van der Waals surface area contributed by atoms with Crippen molar-refractivity contribution < 1.29 is 19.5 Å². The van der Waals surface area contributed by atoms with Gasteiger partial charge in [0.25, 0.3) is 0 Å². The molecule has 1 heterocycles. The van der Waals surface area contributed by atoms with E-state index >= 15 is 0 Å². The van der Waals surface area contributed by atoms with Crippen LogP contribution >= 0.6 is 11.3 Å². The Morgan fingerprint density at radius 1 is 1.33 bits per heavy atom. The third-order valence-electron chi connectivity index (χ3n) is 2.91. The number of nitrogens with one attached hydrogen (secondary N) is 2. The maximum atomic E-state index is 12.2. The van der Waals surface area contributed by atoms with Crippen LogP contribution in [0.3, 0.4) is 0 Å². The smallest absolute Gasteiger partial charge is 0.338 e. The lowest BCUT2D eigenvalue weighted by atomic mass is 10.0. The average Bonchev–Trinajstić information content (AvgIpc) is 2.78. The number of hydrogen-bond donors (Lipinski definition) is 3. The number of rotatable bonds is 6. The molecule has 0 saturated carbocycles. The molecule has 0 aliphatic heterocycles. The number of carbonyl (C=O) groups is 3. The molecule has 0 spiro atoms. The summed E-state index contributed by atoms with van der Waals surface area (Å²) < 4.78 is 0. The second-order valence-corrected chi connectivity index (χ2v) is 6.16. The molecule has 6 nitrogen and oxygen atoms in total. The summed E-state index contributed by atoms with van der Waals surface area (Å²) in [6, 6.07) is 0.863. The Kier molecular flexibility index (Phi) is 5.90. The number of thiophene rings is 1. The fourth-order valence-electron chi connectivity index (χ4n) is 1.81. The van der Waals surface area contributed by atoms with E-state index in [0.717, 1.165) is 4.88 Å². The van der Waals surface area contributed by atoms with Gasteiger partial charge in [-0.25, -0.2) is 4.79 Å². The topological polar surface area (TPSA) is 95.5 Å². The summed E-state index contributed by atoms with van der Waals surface area (Å²) in [6.45, 7) is 6.87. The molecule has 0 aromatic carbocycles. The molecule has 1 rings (SSSR count). The van der Waals surface area contributed by atoms with Crippen LogP contribution in [0.4, 0.5) is 5.00 Å². The van der Waals surface area contributed by atoms with Gasteiger partial charge in [-0.2, -0.15) is 0 Å². The largest absolute Gasteiger partial charge is 0.478 e. The summed E-state index contributed by atoms with van der Waals surface area (Å²) >= 11 is 1.24. The van der Waals surface area contributed by atoms with Gasteiger partial charge in [-0.3, -0.25) is 9.59 Å². The van der Waals surface area contributed by atoms with Crippen molar-refractivity contribution in [1.29, 1.82) is 0 Å². The van der Waals surface area contributed by atoms with Crippen molar-refractivity contribution in [3.63, 3.8) is 0 Å². The van der Waals surface area contributed by atoms with Crippen LogP contribution in [0.15, 0.2) is 6.07 Å².